The van der Waals surface area contributed by atoms with Crippen LogP contribution in [0.1, 0.15) is 28.5 Å². The van der Waals surface area contributed by atoms with Crippen LogP contribution < -0.4 is 5.32 Å². The highest BCUT2D eigenvalue weighted by Gasteiger charge is 2.20. The quantitative estimate of drug-likeness (QED) is 0.401. The van der Waals surface area contributed by atoms with Gasteiger partial charge in [0.25, 0.3) is 0 Å². The van der Waals surface area contributed by atoms with Gasteiger partial charge in [0, 0.05) is 45.7 Å². The van der Waals surface area contributed by atoms with Crippen molar-refractivity contribution in [2.75, 3.05) is 45.0 Å². The molecule has 1 fully saturated rings. The van der Waals surface area contributed by atoms with Gasteiger partial charge in [-0.3, -0.25) is 9.69 Å². The third kappa shape index (κ3) is 7.45. The van der Waals surface area contributed by atoms with E-state index in [9.17, 15) is 13.2 Å². The van der Waals surface area contributed by atoms with Gasteiger partial charge in [0.1, 0.15) is 0 Å². The number of benzene rings is 2. The maximum absolute atomic E-state index is 12.4. The number of aromatic nitrogens is 2. The van der Waals surface area contributed by atoms with Crippen molar-refractivity contribution in [2.45, 2.75) is 24.3 Å². The molecule has 2 heterocycles. The van der Waals surface area contributed by atoms with Gasteiger partial charge in [-0.1, -0.05) is 53.7 Å². The lowest BCUT2D eigenvalue weighted by molar-refractivity contribution is 0.0904. The number of carbonyl (C=O) groups is 1. The molecule has 0 spiro atoms. The van der Waals surface area contributed by atoms with E-state index in [0.717, 1.165) is 45.7 Å². The van der Waals surface area contributed by atoms with E-state index < -0.39 is 15.7 Å². The molecule has 10 heteroatoms. The van der Waals surface area contributed by atoms with Gasteiger partial charge >= 0.3 is 11.8 Å². The Balaban J connectivity index is 1.13. The third-order valence-electron chi connectivity index (χ3n) is 6.01. The van der Waals surface area contributed by atoms with Crippen molar-refractivity contribution in [3.63, 3.8) is 0 Å². The van der Waals surface area contributed by atoms with Crippen molar-refractivity contribution in [1.29, 1.82) is 0 Å². The van der Waals surface area contributed by atoms with E-state index in [1.165, 1.54) is 5.56 Å². The Bertz CT molecular complexity index is 1180. The summed E-state index contributed by atoms with van der Waals surface area (Å²) in [7, 11) is -3.45. The summed E-state index contributed by atoms with van der Waals surface area (Å²) in [6, 6.07) is 18.7. The molecule has 35 heavy (non-hydrogen) atoms. The van der Waals surface area contributed by atoms with Gasteiger partial charge in [-0.25, -0.2) is 8.42 Å². The second-order valence-corrected chi connectivity index (χ2v) is 10.7. The fraction of sp³-hybridized carbons (Fsp3) is 0.400. The van der Waals surface area contributed by atoms with Crippen LogP contribution >= 0.6 is 0 Å². The third-order valence-corrected chi connectivity index (χ3v) is 7.74. The van der Waals surface area contributed by atoms with E-state index in [2.05, 4.69) is 49.5 Å². The van der Waals surface area contributed by atoms with Crippen LogP contribution in [0.4, 0.5) is 0 Å². The van der Waals surface area contributed by atoms with Crippen molar-refractivity contribution in [3.8, 4) is 0 Å². The second-order valence-electron chi connectivity index (χ2n) is 8.61. The minimum Gasteiger partial charge on any atom is -0.348 e. The Kier molecular flexibility index (Phi) is 8.62. The summed E-state index contributed by atoms with van der Waals surface area (Å²) in [4.78, 5) is 21.5. The minimum atomic E-state index is -3.45. The maximum atomic E-state index is 12.4. The van der Waals surface area contributed by atoms with Gasteiger partial charge in [-0.15, -0.1) is 0 Å². The summed E-state index contributed by atoms with van der Waals surface area (Å²) < 4.78 is 29.8. The van der Waals surface area contributed by atoms with E-state index in [0.29, 0.717) is 6.54 Å². The molecule has 1 saturated heterocycles. The lowest BCUT2D eigenvalue weighted by atomic mass is 10.2. The van der Waals surface area contributed by atoms with Crippen LogP contribution in [0.3, 0.4) is 0 Å². The van der Waals surface area contributed by atoms with Crippen molar-refractivity contribution < 1.29 is 17.7 Å². The van der Waals surface area contributed by atoms with Crippen LogP contribution in [0.2, 0.25) is 0 Å². The van der Waals surface area contributed by atoms with E-state index in [4.69, 9.17) is 4.52 Å². The van der Waals surface area contributed by atoms with Crippen molar-refractivity contribution in [2.24, 2.45) is 0 Å². The normalized spacial score (nSPS) is 15.2. The van der Waals surface area contributed by atoms with Crippen LogP contribution in [0.15, 0.2) is 70.1 Å². The van der Waals surface area contributed by atoms with E-state index in [1.54, 1.807) is 30.3 Å². The molecule has 4 rings (SSSR count). The van der Waals surface area contributed by atoms with Crippen molar-refractivity contribution >= 4 is 15.7 Å². The number of amides is 1. The van der Waals surface area contributed by atoms with Gasteiger partial charge in [0.2, 0.25) is 0 Å². The Labute approximate surface area is 206 Å². The molecule has 2 aromatic carbocycles. The Morgan fingerprint density at radius 3 is 2.31 bits per heavy atom. The molecule has 186 valence electrons. The first-order valence-corrected chi connectivity index (χ1v) is 13.5. The van der Waals surface area contributed by atoms with Crippen LogP contribution in [-0.2, 0) is 22.8 Å². The Hall–Kier alpha value is -3.08. The number of hydrogen-bond donors (Lipinski definition) is 1. The molecule has 0 saturated carbocycles. The SMILES string of the molecule is O=C(NCCCN1CCN(Cc2ccccc2)CC1)c1nc(CCS(=O)(=O)c2ccccc2)no1. The standard InChI is InChI=1S/C25H31N5O4S/c31-24(25-27-23(28-34-25)12-19-35(32,33)22-10-5-2-6-11-22)26-13-7-14-29-15-17-30(18-16-29)20-21-8-3-1-4-9-21/h1-6,8-11H,7,12-20H2,(H,26,31). The molecule has 0 aliphatic carbocycles. The highest BCUT2D eigenvalue weighted by Crippen LogP contribution is 2.12. The van der Waals surface area contributed by atoms with E-state index in [-0.39, 0.29) is 28.8 Å². The fourth-order valence-electron chi connectivity index (χ4n) is 4.01. The molecule has 0 atom stereocenters. The van der Waals surface area contributed by atoms with Crippen molar-refractivity contribution in [1.82, 2.24) is 25.3 Å². The maximum Gasteiger partial charge on any atom is 0.315 e. The topological polar surface area (TPSA) is 109 Å². The number of piperazine rings is 1. The predicted octanol–water partition coefficient (Wildman–Crippen LogP) is 2.02. The zero-order valence-electron chi connectivity index (χ0n) is 19.7. The van der Waals surface area contributed by atoms with Gasteiger partial charge in [0.15, 0.2) is 15.7 Å². The lowest BCUT2D eigenvalue weighted by Crippen LogP contribution is -2.46. The summed E-state index contributed by atoms with van der Waals surface area (Å²) in [5.41, 5.74) is 1.34. The fourth-order valence-corrected chi connectivity index (χ4v) is 5.27. The molecule has 0 unspecified atom stereocenters. The summed E-state index contributed by atoms with van der Waals surface area (Å²) in [6.07, 6.45) is 0.894. The molecular formula is C25H31N5O4S. The highest BCUT2D eigenvalue weighted by molar-refractivity contribution is 7.91. The van der Waals surface area contributed by atoms with E-state index in [1.807, 2.05) is 6.07 Å². The summed E-state index contributed by atoms with van der Waals surface area (Å²) in [5, 5.41) is 6.55. The highest BCUT2D eigenvalue weighted by atomic mass is 32.2. The van der Waals surface area contributed by atoms with Crippen molar-refractivity contribution in [3.05, 3.63) is 77.9 Å². The van der Waals surface area contributed by atoms with Gasteiger partial charge in [-0.05, 0) is 30.7 Å². The Morgan fingerprint density at radius 1 is 0.943 bits per heavy atom. The first kappa shape index (κ1) is 25.0. The largest absolute Gasteiger partial charge is 0.348 e. The number of rotatable bonds is 11. The minimum absolute atomic E-state index is 0.0737. The molecule has 1 aliphatic heterocycles. The molecule has 0 radical (unpaired) electrons. The number of carbonyl (C=O) groups excluding carboxylic acids is 1. The molecule has 9 nitrogen and oxygen atoms in total. The van der Waals surface area contributed by atoms with Gasteiger partial charge in [-0.2, -0.15) is 4.98 Å². The first-order chi connectivity index (χ1) is 17.0. The number of nitrogens with zero attached hydrogens (tertiary/aromatic N) is 4. The number of hydrogen-bond acceptors (Lipinski definition) is 8. The van der Waals surface area contributed by atoms with E-state index >= 15 is 0 Å². The molecule has 1 aliphatic rings. The average Bonchev–Trinajstić information content (AvgIpc) is 3.37. The molecule has 3 aromatic rings. The van der Waals surface area contributed by atoms with Crippen LogP contribution in [-0.4, -0.2) is 79.3 Å². The number of sulfone groups is 1. The zero-order valence-corrected chi connectivity index (χ0v) is 20.5. The van der Waals surface area contributed by atoms with Crippen LogP contribution in [0.25, 0.3) is 0 Å². The Morgan fingerprint density at radius 2 is 1.60 bits per heavy atom. The molecule has 0 bridgehead atoms. The van der Waals surface area contributed by atoms with Crippen LogP contribution in [0.5, 0.6) is 0 Å². The van der Waals surface area contributed by atoms with Gasteiger partial charge in [0.05, 0.1) is 10.6 Å². The van der Waals surface area contributed by atoms with Gasteiger partial charge < -0.3 is 14.7 Å². The zero-order chi connectivity index (χ0) is 24.5. The predicted molar refractivity (Wildman–Crippen MR) is 132 cm³/mol. The lowest BCUT2D eigenvalue weighted by Gasteiger charge is -2.34. The molecule has 1 aromatic heterocycles. The van der Waals surface area contributed by atoms with Crippen LogP contribution in [0, 0.1) is 0 Å². The monoisotopic (exact) mass is 497 g/mol. The average molecular weight is 498 g/mol. The summed E-state index contributed by atoms with van der Waals surface area (Å²) in [5.74, 6) is -0.548. The number of nitrogens with one attached hydrogen (secondary N) is 1. The smallest absolute Gasteiger partial charge is 0.315 e. The number of aryl methyl sites for hydroxylation is 1. The summed E-state index contributed by atoms with van der Waals surface area (Å²) in [6.45, 7) is 6.49. The molecular weight excluding hydrogens is 466 g/mol. The first-order valence-electron chi connectivity index (χ1n) is 11.9. The molecule has 1 amide bonds. The second kappa shape index (κ2) is 12.1. The molecule has 1 N–H and O–H groups in total. The summed E-state index contributed by atoms with van der Waals surface area (Å²) >= 11 is 0.